The molecule has 0 fully saturated rings. The molecule has 3 aromatic rings. The van der Waals surface area contributed by atoms with Crippen molar-refractivity contribution in [2.75, 3.05) is 0 Å². The number of fused-ring (bicyclic) bond motifs is 1. The van der Waals surface area contributed by atoms with E-state index in [4.69, 9.17) is 0 Å². The zero-order chi connectivity index (χ0) is 16.9. The first-order valence-electron chi connectivity index (χ1n) is 8.49. The summed E-state index contributed by atoms with van der Waals surface area (Å²) in [5.74, 6) is 0.989. The van der Waals surface area contributed by atoms with Crippen LogP contribution in [-0.4, -0.2) is 21.9 Å². The lowest BCUT2D eigenvalue weighted by molar-refractivity contribution is 0.0939. The number of H-pyrrole nitrogens is 1. The molecule has 2 aromatic carbocycles. The van der Waals surface area contributed by atoms with Crippen LogP contribution in [0, 0.1) is 0 Å². The van der Waals surface area contributed by atoms with Gasteiger partial charge in [-0.05, 0) is 49.6 Å². The molecule has 4 nitrogen and oxygen atoms in total. The largest absolute Gasteiger partial charge is 0.350 e. The van der Waals surface area contributed by atoms with Crippen LogP contribution in [0.4, 0.5) is 0 Å². The molecular formula is C20H23N3O. The lowest BCUT2D eigenvalue weighted by Gasteiger charge is -2.11. The molecule has 0 aliphatic heterocycles. The summed E-state index contributed by atoms with van der Waals surface area (Å²) in [5, 5.41) is 2.98. The number of aromatic nitrogens is 2. The fourth-order valence-electron chi connectivity index (χ4n) is 2.62. The normalized spacial score (nSPS) is 12.2. The van der Waals surface area contributed by atoms with Crippen LogP contribution in [0.25, 0.3) is 11.0 Å². The smallest absolute Gasteiger partial charge is 0.251 e. The van der Waals surface area contributed by atoms with Crippen molar-refractivity contribution in [2.24, 2.45) is 0 Å². The third-order valence-electron chi connectivity index (χ3n) is 4.29. The highest BCUT2D eigenvalue weighted by Gasteiger charge is 2.08. The monoisotopic (exact) mass is 321 g/mol. The van der Waals surface area contributed by atoms with Gasteiger partial charge in [0.15, 0.2) is 0 Å². The molecule has 2 N–H and O–H groups in total. The number of nitrogens with one attached hydrogen (secondary N) is 2. The van der Waals surface area contributed by atoms with Crippen molar-refractivity contribution in [1.82, 2.24) is 15.3 Å². The van der Waals surface area contributed by atoms with Gasteiger partial charge in [0.2, 0.25) is 0 Å². The van der Waals surface area contributed by atoms with Crippen LogP contribution >= 0.6 is 0 Å². The maximum atomic E-state index is 12.1. The van der Waals surface area contributed by atoms with Gasteiger partial charge in [0.1, 0.15) is 5.82 Å². The van der Waals surface area contributed by atoms with Gasteiger partial charge in [-0.25, -0.2) is 4.98 Å². The zero-order valence-corrected chi connectivity index (χ0v) is 14.2. The van der Waals surface area contributed by atoms with E-state index in [1.165, 1.54) is 5.56 Å². The summed E-state index contributed by atoms with van der Waals surface area (Å²) in [7, 11) is 0. The number of aryl methyl sites for hydroxylation is 2. The Kier molecular flexibility index (Phi) is 4.94. The predicted molar refractivity (Wildman–Crippen MR) is 97.2 cm³/mol. The van der Waals surface area contributed by atoms with Crippen LogP contribution in [0.3, 0.4) is 0 Å². The molecule has 3 rings (SSSR count). The third kappa shape index (κ3) is 3.82. The average molecular weight is 321 g/mol. The Morgan fingerprint density at radius 3 is 2.58 bits per heavy atom. The summed E-state index contributed by atoms with van der Waals surface area (Å²) in [6.45, 7) is 4.08. The van der Waals surface area contributed by atoms with E-state index in [1.54, 1.807) is 0 Å². The molecule has 1 atom stereocenters. The number of hydrogen-bond donors (Lipinski definition) is 2. The Labute approximate surface area is 142 Å². The van der Waals surface area contributed by atoms with E-state index >= 15 is 0 Å². The van der Waals surface area contributed by atoms with Gasteiger partial charge in [-0.3, -0.25) is 4.79 Å². The van der Waals surface area contributed by atoms with Gasteiger partial charge in [-0.1, -0.05) is 31.2 Å². The number of aromatic amines is 1. The van der Waals surface area contributed by atoms with E-state index in [9.17, 15) is 4.79 Å². The quantitative estimate of drug-likeness (QED) is 0.724. The number of carbonyl (C=O) groups excluding carboxylic acids is 1. The number of carbonyl (C=O) groups is 1. The minimum atomic E-state index is -0.00631. The second-order valence-corrected chi connectivity index (χ2v) is 6.18. The number of rotatable bonds is 6. The van der Waals surface area contributed by atoms with E-state index in [-0.39, 0.29) is 11.9 Å². The highest BCUT2D eigenvalue weighted by Crippen LogP contribution is 2.13. The lowest BCUT2D eigenvalue weighted by Crippen LogP contribution is -2.31. The Balaban J connectivity index is 1.60. The molecule has 0 unspecified atom stereocenters. The Morgan fingerprint density at radius 2 is 1.88 bits per heavy atom. The molecule has 24 heavy (non-hydrogen) atoms. The second kappa shape index (κ2) is 7.30. The molecular weight excluding hydrogens is 298 g/mol. The maximum Gasteiger partial charge on any atom is 0.251 e. The van der Waals surface area contributed by atoms with Crippen molar-refractivity contribution in [3.8, 4) is 0 Å². The van der Waals surface area contributed by atoms with E-state index in [1.807, 2.05) is 55.5 Å². The van der Waals surface area contributed by atoms with Crippen LogP contribution in [0.1, 0.15) is 42.0 Å². The van der Waals surface area contributed by atoms with Crippen molar-refractivity contribution in [3.05, 3.63) is 65.5 Å². The highest BCUT2D eigenvalue weighted by molar-refractivity contribution is 5.94. The molecule has 124 valence electrons. The predicted octanol–water partition coefficient (Wildman–Crippen LogP) is 3.88. The Bertz CT molecular complexity index is 787. The SMILES string of the molecule is CC[C@@H](C)NC(=O)c1ccc(CCc2nc3ccccc3[nH]2)cc1. The molecule has 1 aromatic heterocycles. The van der Waals surface area contributed by atoms with Crippen molar-refractivity contribution >= 4 is 16.9 Å². The van der Waals surface area contributed by atoms with Crippen molar-refractivity contribution in [2.45, 2.75) is 39.2 Å². The summed E-state index contributed by atoms with van der Waals surface area (Å²) in [5.41, 5.74) is 3.99. The van der Waals surface area contributed by atoms with E-state index < -0.39 is 0 Å². The standard InChI is InChI=1S/C20H23N3O/c1-3-14(2)21-20(24)16-11-8-15(9-12-16)10-13-19-22-17-6-4-5-7-18(17)23-19/h4-9,11-12,14H,3,10,13H2,1-2H3,(H,21,24)(H,22,23)/t14-/m1/s1. The van der Waals surface area contributed by atoms with Crippen molar-refractivity contribution in [1.29, 1.82) is 0 Å². The fourth-order valence-corrected chi connectivity index (χ4v) is 2.62. The summed E-state index contributed by atoms with van der Waals surface area (Å²) in [6, 6.07) is 16.1. The van der Waals surface area contributed by atoms with Crippen molar-refractivity contribution in [3.63, 3.8) is 0 Å². The first kappa shape index (κ1) is 16.2. The number of imidazole rings is 1. The van der Waals surface area contributed by atoms with Gasteiger partial charge in [0.05, 0.1) is 11.0 Å². The van der Waals surface area contributed by atoms with Gasteiger partial charge in [-0.15, -0.1) is 0 Å². The molecule has 0 spiro atoms. The summed E-state index contributed by atoms with van der Waals surface area (Å²) in [4.78, 5) is 20.0. The van der Waals surface area contributed by atoms with Gasteiger partial charge in [-0.2, -0.15) is 0 Å². The molecule has 0 aliphatic carbocycles. The molecule has 1 amide bonds. The molecule has 0 radical (unpaired) electrons. The van der Waals surface area contributed by atoms with Crippen LogP contribution in [-0.2, 0) is 12.8 Å². The molecule has 0 aliphatic rings. The number of para-hydroxylation sites is 2. The van der Waals surface area contributed by atoms with Crippen molar-refractivity contribution < 1.29 is 4.79 Å². The topological polar surface area (TPSA) is 57.8 Å². The minimum Gasteiger partial charge on any atom is -0.350 e. The molecule has 4 heteroatoms. The van der Waals surface area contributed by atoms with Gasteiger partial charge >= 0.3 is 0 Å². The first-order chi connectivity index (χ1) is 11.7. The van der Waals surface area contributed by atoms with Crippen LogP contribution in [0.2, 0.25) is 0 Å². The molecule has 1 heterocycles. The zero-order valence-electron chi connectivity index (χ0n) is 14.2. The Hall–Kier alpha value is -2.62. The molecule has 0 saturated heterocycles. The van der Waals surface area contributed by atoms with Gasteiger partial charge in [0, 0.05) is 18.0 Å². The fraction of sp³-hybridized carbons (Fsp3) is 0.300. The van der Waals surface area contributed by atoms with Crippen LogP contribution in [0.15, 0.2) is 48.5 Å². The van der Waals surface area contributed by atoms with Crippen LogP contribution in [0.5, 0.6) is 0 Å². The van der Waals surface area contributed by atoms with Gasteiger partial charge in [0.25, 0.3) is 5.91 Å². The first-order valence-corrected chi connectivity index (χ1v) is 8.49. The maximum absolute atomic E-state index is 12.1. The van der Waals surface area contributed by atoms with Crippen LogP contribution < -0.4 is 5.32 Å². The van der Waals surface area contributed by atoms with E-state index in [0.717, 1.165) is 36.1 Å². The van der Waals surface area contributed by atoms with Gasteiger partial charge < -0.3 is 10.3 Å². The number of amides is 1. The second-order valence-electron chi connectivity index (χ2n) is 6.18. The van der Waals surface area contributed by atoms with E-state index in [0.29, 0.717) is 5.56 Å². The average Bonchev–Trinajstić information content (AvgIpc) is 3.03. The summed E-state index contributed by atoms with van der Waals surface area (Å²) < 4.78 is 0. The summed E-state index contributed by atoms with van der Waals surface area (Å²) in [6.07, 6.45) is 2.68. The number of benzene rings is 2. The Morgan fingerprint density at radius 1 is 1.12 bits per heavy atom. The molecule has 0 saturated carbocycles. The highest BCUT2D eigenvalue weighted by atomic mass is 16.1. The third-order valence-corrected chi connectivity index (χ3v) is 4.29. The minimum absolute atomic E-state index is 0.00631. The molecule has 0 bridgehead atoms. The number of hydrogen-bond acceptors (Lipinski definition) is 2. The number of nitrogens with zero attached hydrogens (tertiary/aromatic N) is 1. The lowest BCUT2D eigenvalue weighted by atomic mass is 10.1. The summed E-state index contributed by atoms with van der Waals surface area (Å²) >= 11 is 0. The van der Waals surface area contributed by atoms with E-state index in [2.05, 4.69) is 22.2 Å².